The summed E-state index contributed by atoms with van der Waals surface area (Å²) in [6, 6.07) is -0.101. The lowest BCUT2D eigenvalue weighted by molar-refractivity contribution is 0.125. The summed E-state index contributed by atoms with van der Waals surface area (Å²) in [4.78, 5) is 9.07. The Bertz CT molecular complexity index is 428. The van der Waals surface area contributed by atoms with Gasteiger partial charge in [0.25, 0.3) is 0 Å². The molecule has 1 saturated heterocycles. The van der Waals surface area contributed by atoms with E-state index < -0.39 is 6.10 Å². The van der Waals surface area contributed by atoms with Crippen molar-refractivity contribution in [2.24, 2.45) is 0 Å². The van der Waals surface area contributed by atoms with Crippen LogP contribution in [0.1, 0.15) is 25.2 Å². The van der Waals surface area contributed by atoms with Gasteiger partial charge in [-0.2, -0.15) is 0 Å². The average Bonchev–Trinajstić information content (AvgIpc) is 2.76. The molecule has 0 aliphatic carbocycles. The molecule has 1 aliphatic heterocycles. The molecule has 0 radical (unpaired) electrons. The number of nitrogens with zero attached hydrogens (tertiary/aromatic N) is 2. The van der Waals surface area contributed by atoms with Crippen LogP contribution < -0.4 is 5.32 Å². The predicted octanol–water partition coefficient (Wildman–Crippen LogP) is 1.54. The Balaban J connectivity index is 2.24. The van der Waals surface area contributed by atoms with Crippen LogP contribution in [0.4, 0.5) is 5.82 Å². The number of aliphatic hydroxyl groups excluding tert-OH is 1. The molecular weight excluding hydrogens is 298 g/mol. The van der Waals surface area contributed by atoms with Crippen LogP contribution in [0.15, 0.2) is 4.60 Å². The normalized spacial score (nSPS) is 23.3. The molecule has 2 atom stereocenters. The predicted molar refractivity (Wildman–Crippen MR) is 72.7 cm³/mol. The molecule has 0 aromatic carbocycles. The van der Waals surface area contributed by atoms with Gasteiger partial charge in [0.05, 0.1) is 36.7 Å². The van der Waals surface area contributed by atoms with Gasteiger partial charge < -0.3 is 15.2 Å². The van der Waals surface area contributed by atoms with Gasteiger partial charge in [-0.3, -0.25) is 0 Å². The first-order valence-electron chi connectivity index (χ1n) is 6.23. The van der Waals surface area contributed by atoms with Crippen LogP contribution >= 0.6 is 15.9 Å². The number of anilines is 1. The van der Waals surface area contributed by atoms with Crippen molar-refractivity contribution in [2.45, 2.75) is 38.8 Å². The monoisotopic (exact) mass is 315 g/mol. The van der Waals surface area contributed by atoms with E-state index in [0.29, 0.717) is 13.2 Å². The zero-order chi connectivity index (χ0) is 13.1. The lowest BCUT2D eigenvalue weighted by Crippen LogP contribution is -2.33. The Morgan fingerprint density at radius 2 is 2.00 bits per heavy atom. The molecule has 6 heteroatoms. The minimum atomic E-state index is -0.481. The number of rotatable bonds is 4. The summed E-state index contributed by atoms with van der Waals surface area (Å²) >= 11 is 3.43. The van der Waals surface area contributed by atoms with Crippen LogP contribution in [0, 0.1) is 0 Å². The van der Waals surface area contributed by atoms with E-state index in [4.69, 9.17) is 4.74 Å². The topological polar surface area (TPSA) is 67.3 Å². The van der Waals surface area contributed by atoms with E-state index in [0.717, 1.165) is 34.7 Å². The SMILES string of the molecule is CCc1nc(N[C@@H]2COC[C@@H]2O)c(CC)nc1Br. The Labute approximate surface area is 115 Å². The van der Waals surface area contributed by atoms with Gasteiger partial charge in [-0.1, -0.05) is 13.8 Å². The minimum absolute atomic E-state index is 0.101. The Morgan fingerprint density at radius 3 is 2.56 bits per heavy atom. The summed E-state index contributed by atoms with van der Waals surface area (Å²) in [5.74, 6) is 0.757. The second-order valence-corrected chi connectivity index (χ2v) is 5.07. The molecule has 0 unspecified atom stereocenters. The molecule has 0 bridgehead atoms. The molecule has 2 rings (SSSR count). The van der Waals surface area contributed by atoms with Crippen molar-refractivity contribution in [3.8, 4) is 0 Å². The number of ether oxygens (including phenoxy) is 1. The van der Waals surface area contributed by atoms with Gasteiger partial charge in [-0.15, -0.1) is 0 Å². The molecule has 1 fully saturated rings. The number of nitrogens with one attached hydrogen (secondary N) is 1. The van der Waals surface area contributed by atoms with Crippen LogP contribution in [0.25, 0.3) is 0 Å². The lowest BCUT2D eigenvalue weighted by atomic mass is 10.2. The number of hydrogen-bond donors (Lipinski definition) is 2. The van der Waals surface area contributed by atoms with Crippen molar-refractivity contribution in [3.05, 3.63) is 16.0 Å². The maximum atomic E-state index is 9.75. The maximum absolute atomic E-state index is 9.75. The summed E-state index contributed by atoms with van der Waals surface area (Å²) in [6.45, 7) is 4.96. The maximum Gasteiger partial charge on any atom is 0.148 e. The van der Waals surface area contributed by atoms with Crippen molar-refractivity contribution in [1.82, 2.24) is 9.97 Å². The standard InChI is InChI=1S/C12H18BrN3O2/c1-3-7-11(13)14-8(4-2)12(15-7)16-9-5-18-6-10(9)17/h9-10,17H,3-6H2,1-2H3,(H,15,16)/t9-,10+/m1/s1. The van der Waals surface area contributed by atoms with Crippen molar-refractivity contribution in [1.29, 1.82) is 0 Å². The van der Waals surface area contributed by atoms with Crippen LogP contribution in [-0.2, 0) is 17.6 Å². The molecule has 0 spiro atoms. The molecule has 18 heavy (non-hydrogen) atoms. The molecule has 2 heterocycles. The zero-order valence-electron chi connectivity index (χ0n) is 10.6. The number of aliphatic hydroxyl groups is 1. The fourth-order valence-corrected chi connectivity index (χ4v) is 2.51. The highest BCUT2D eigenvalue weighted by molar-refractivity contribution is 9.10. The number of aromatic nitrogens is 2. The molecule has 2 N–H and O–H groups in total. The molecule has 0 amide bonds. The molecule has 1 aromatic rings. The average molecular weight is 316 g/mol. The Kier molecular flexibility index (Phi) is 4.53. The van der Waals surface area contributed by atoms with Crippen molar-refractivity contribution >= 4 is 21.7 Å². The van der Waals surface area contributed by atoms with E-state index in [1.165, 1.54) is 0 Å². The summed E-state index contributed by atoms with van der Waals surface area (Å²) in [6.07, 6.45) is 1.13. The number of hydrogen-bond acceptors (Lipinski definition) is 5. The highest BCUT2D eigenvalue weighted by Gasteiger charge is 2.27. The first-order chi connectivity index (χ1) is 8.65. The first-order valence-corrected chi connectivity index (χ1v) is 7.02. The van der Waals surface area contributed by atoms with Gasteiger partial charge >= 0.3 is 0 Å². The van der Waals surface area contributed by atoms with Crippen LogP contribution in [0.3, 0.4) is 0 Å². The van der Waals surface area contributed by atoms with E-state index in [9.17, 15) is 5.11 Å². The van der Waals surface area contributed by atoms with E-state index in [-0.39, 0.29) is 6.04 Å². The highest BCUT2D eigenvalue weighted by atomic mass is 79.9. The first kappa shape index (κ1) is 13.7. The molecule has 1 aromatic heterocycles. The summed E-state index contributed by atoms with van der Waals surface area (Å²) in [5.41, 5.74) is 1.82. The summed E-state index contributed by atoms with van der Waals surface area (Å²) < 4.78 is 6.03. The van der Waals surface area contributed by atoms with Crippen LogP contribution in [0.5, 0.6) is 0 Å². The van der Waals surface area contributed by atoms with Gasteiger partial charge in [0.2, 0.25) is 0 Å². The summed E-state index contributed by atoms with van der Waals surface area (Å²) in [5, 5.41) is 13.0. The quantitative estimate of drug-likeness (QED) is 0.882. The Morgan fingerprint density at radius 1 is 1.28 bits per heavy atom. The smallest absolute Gasteiger partial charge is 0.148 e. The fourth-order valence-electron chi connectivity index (χ4n) is 1.93. The van der Waals surface area contributed by atoms with Crippen LogP contribution in [-0.4, -0.2) is 40.4 Å². The van der Waals surface area contributed by atoms with E-state index in [1.807, 2.05) is 13.8 Å². The molecule has 0 saturated carbocycles. The van der Waals surface area contributed by atoms with Gasteiger partial charge in [0, 0.05) is 0 Å². The van der Waals surface area contributed by atoms with E-state index >= 15 is 0 Å². The van der Waals surface area contributed by atoms with Crippen molar-refractivity contribution < 1.29 is 9.84 Å². The second-order valence-electron chi connectivity index (χ2n) is 4.32. The number of halogens is 1. The molecular formula is C12H18BrN3O2. The number of aryl methyl sites for hydroxylation is 2. The Hall–Kier alpha value is -0.720. The molecule has 1 aliphatic rings. The van der Waals surface area contributed by atoms with Gasteiger partial charge in [-0.25, -0.2) is 9.97 Å². The minimum Gasteiger partial charge on any atom is -0.388 e. The van der Waals surface area contributed by atoms with E-state index in [1.54, 1.807) is 0 Å². The highest BCUT2D eigenvalue weighted by Crippen LogP contribution is 2.21. The fraction of sp³-hybridized carbons (Fsp3) is 0.667. The van der Waals surface area contributed by atoms with Crippen molar-refractivity contribution in [2.75, 3.05) is 18.5 Å². The largest absolute Gasteiger partial charge is 0.388 e. The molecule has 5 nitrogen and oxygen atoms in total. The van der Waals surface area contributed by atoms with Gasteiger partial charge in [0.1, 0.15) is 10.4 Å². The van der Waals surface area contributed by atoms with Crippen molar-refractivity contribution in [3.63, 3.8) is 0 Å². The lowest BCUT2D eigenvalue weighted by Gasteiger charge is -2.18. The van der Waals surface area contributed by atoms with Gasteiger partial charge in [-0.05, 0) is 28.8 Å². The third-order valence-electron chi connectivity index (χ3n) is 3.03. The third-order valence-corrected chi connectivity index (χ3v) is 3.67. The zero-order valence-corrected chi connectivity index (χ0v) is 12.2. The third kappa shape index (κ3) is 2.81. The van der Waals surface area contributed by atoms with E-state index in [2.05, 4.69) is 31.2 Å². The van der Waals surface area contributed by atoms with Crippen LogP contribution in [0.2, 0.25) is 0 Å². The summed E-state index contributed by atoms with van der Waals surface area (Å²) in [7, 11) is 0. The second kappa shape index (κ2) is 5.95. The molecule has 100 valence electrons. The van der Waals surface area contributed by atoms with Gasteiger partial charge in [0.15, 0.2) is 0 Å².